The van der Waals surface area contributed by atoms with Crippen LogP contribution in [0, 0.1) is 10.1 Å². The lowest BCUT2D eigenvalue weighted by molar-refractivity contribution is -0.384. The number of carbonyl (C=O) groups excluding carboxylic acids is 1. The third kappa shape index (κ3) is 4.17. The minimum Gasteiger partial charge on any atom is -0.489 e. The average molecular weight is 457 g/mol. The largest absolute Gasteiger partial charge is 0.489 e. The van der Waals surface area contributed by atoms with E-state index >= 15 is 0 Å². The Morgan fingerprint density at radius 2 is 1.59 bits per heavy atom. The van der Waals surface area contributed by atoms with Gasteiger partial charge in [0.1, 0.15) is 23.6 Å². The number of rotatable bonds is 6. The number of nitro benzene ring substituents is 1. The molecule has 0 spiro atoms. The summed E-state index contributed by atoms with van der Waals surface area (Å²) in [6.07, 6.45) is 0. The van der Waals surface area contributed by atoms with Gasteiger partial charge in [0.15, 0.2) is 5.76 Å². The number of carbonyl (C=O) groups is 1. The number of amides is 1. The Hall–Kier alpha value is -4.33. The van der Waals surface area contributed by atoms with E-state index < -0.39 is 0 Å². The number of hydrogen-bond donors (Lipinski definition) is 0. The zero-order valence-electron chi connectivity index (χ0n) is 18.4. The summed E-state index contributed by atoms with van der Waals surface area (Å²) in [5, 5.41) is 12.2. The van der Waals surface area contributed by atoms with E-state index in [4.69, 9.17) is 9.15 Å². The molecular formula is C26H23N3O5. The van der Waals surface area contributed by atoms with Crippen molar-refractivity contribution in [1.29, 1.82) is 0 Å². The summed E-state index contributed by atoms with van der Waals surface area (Å²) in [6, 6.07) is 23.7. The van der Waals surface area contributed by atoms with Crippen LogP contribution < -0.4 is 9.64 Å². The van der Waals surface area contributed by atoms with E-state index in [9.17, 15) is 14.9 Å². The number of anilines is 1. The standard InChI is InChI=1S/C26H23N3O5/c30-26(28-16-14-27(15-17-28)22-11-5-6-12-23(22)29(31)32)25-21(18-33-19-8-2-1-3-9-19)20-10-4-7-13-24(20)34-25/h1-13H,14-18H2. The second-order valence-electron chi connectivity index (χ2n) is 8.03. The second kappa shape index (κ2) is 9.27. The van der Waals surface area contributed by atoms with E-state index in [2.05, 4.69) is 0 Å². The molecule has 1 saturated heterocycles. The molecule has 1 aromatic heterocycles. The van der Waals surface area contributed by atoms with E-state index in [0.717, 1.165) is 5.39 Å². The highest BCUT2D eigenvalue weighted by Crippen LogP contribution is 2.31. The number of hydrogen-bond acceptors (Lipinski definition) is 6. The molecule has 0 aliphatic carbocycles. The Morgan fingerprint density at radius 1 is 0.912 bits per heavy atom. The third-order valence-electron chi connectivity index (χ3n) is 6.00. The molecule has 0 saturated carbocycles. The number of fused-ring (bicyclic) bond motifs is 1. The minimum atomic E-state index is -0.375. The van der Waals surface area contributed by atoms with Crippen molar-refractivity contribution >= 4 is 28.3 Å². The van der Waals surface area contributed by atoms with Crippen LogP contribution in [0.1, 0.15) is 16.1 Å². The second-order valence-corrected chi connectivity index (χ2v) is 8.03. The molecule has 0 bridgehead atoms. The molecule has 0 unspecified atom stereocenters. The average Bonchev–Trinajstić information content (AvgIpc) is 3.26. The Balaban J connectivity index is 1.35. The van der Waals surface area contributed by atoms with Gasteiger partial charge < -0.3 is 19.0 Å². The number of benzene rings is 3. The number of nitrogens with zero attached hydrogens (tertiary/aromatic N) is 3. The topological polar surface area (TPSA) is 89.1 Å². The lowest BCUT2D eigenvalue weighted by Crippen LogP contribution is -2.49. The molecule has 1 fully saturated rings. The zero-order valence-corrected chi connectivity index (χ0v) is 18.4. The van der Waals surface area contributed by atoms with Crippen LogP contribution >= 0.6 is 0 Å². The van der Waals surface area contributed by atoms with Gasteiger partial charge in [0.2, 0.25) is 0 Å². The molecule has 0 N–H and O–H groups in total. The Kier molecular flexibility index (Phi) is 5.86. The lowest BCUT2D eigenvalue weighted by atomic mass is 10.1. The van der Waals surface area contributed by atoms with Crippen molar-refractivity contribution in [2.24, 2.45) is 0 Å². The van der Waals surface area contributed by atoms with Gasteiger partial charge in [0.25, 0.3) is 11.6 Å². The highest BCUT2D eigenvalue weighted by molar-refractivity contribution is 5.99. The van der Waals surface area contributed by atoms with Crippen LogP contribution in [0.5, 0.6) is 5.75 Å². The smallest absolute Gasteiger partial charge is 0.292 e. The summed E-state index contributed by atoms with van der Waals surface area (Å²) in [7, 11) is 0. The van der Waals surface area contributed by atoms with Gasteiger partial charge in [-0.3, -0.25) is 14.9 Å². The van der Waals surface area contributed by atoms with Crippen LogP contribution in [-0.2, 0) is 6.61 Å². The first-order valence-electron chi connectivity index (χ1n) is 11.1. The van der Waals surface area contributed by atoms with Gasteiger partial charge in [0, 0.05) is 43.2 Å². The maximum absolute atomic E-state index is 13.5. The van der Waals surface area contributed by atoms with E-state index in [1.807, 2.05) is 59.5 Å². The van der Waals surface area contributed by atoms with Crippen LogP contribution in [0.2, 0.25) is 0 Å². The van der Waals surface area contributed by atoms with Gasteiger partial charge in [-0.2, -0.15) is 0 Å². The molecule has 4 aromatic rings. The predicted octanol–water partition coefficient (Wildman–Crippen LogP) is 4.88. The van der Waals surface area contributed by atoms with Crippen LogP contribution in [0.4, 0.5) is 11.4 Å². The molecule has 34 heavy (non-hydrogen) atoms. The molecule has 0 atom stereocenters. The van der Waals surface area contributed by atoms with Gasteiger partial charge in [-0.25, -0.2) is 0 Å². The van der Waals surface area contributed by atoms with Crippen LogP contribution in [0.25, 0.3) is 11.0 Å². The maximum Gasteiger partial charge on any atom is 0.292 e. The fourth-order valence-electron chi connectivity index (χ4n) is 4.27. The monoisotopic (exact) mass is 457 g/mol. The molecule has 5 rings (SSSR count). The Bertz CT molecular complexity index is 1330. The molecule has 3 aromatic carbocycles. The summed E-state index contributed by atoms with van der Waals surface area (Å²) < 4.78 is 11.9. The van der Waals surface area contributed by atoms with Gasteiger partial charge in [-0.1, -0.05) is 48.5 Å². The molecule has 2 heterocycles. The van der Waals surface area contributed by atoms with Crippen molar-refractivity contribution in [2.45, 2.75) is 6.61 Å². The first-order chi connectivity index (χ1) is 16.6. The molecule has 8 nitrogen and oxygen atoms in total. The van der Waals surface area contributed by atoms with Crippen LogP contribution in [0.3, 0.4) is 0 Å². The van der Waals surface area contributed by atoms with E-state index in [1.165, 1.54) is 6.07 Å². The van der Waals surface area contributed by atoms with Crippen molar-refractivity contribution in [1.82, 2.24) is 4.90 Å². The summed E-state index contributed by atoms with van der Waals surface area (Å²) in [5.74, 6) is 0.783. The van der Waals surface area contributed by atoms with Crippen molar-refractivity contribution in [3.05, 3.63) is 100 Å². The fraction of sp³-hybridized carbons (Fsp3) is 0.192. The van der Waals surface area contributed by atoms with Crippen LogP contribution in [0.15, 0.2) is 83.3 Å². The number of nitro groups is 1. The van der Waals surface area contributed by atoms with Gasteiger partial charge in [-0.15, -0.1) is 0 Å². The number of ether oxygens (including phenoxy) is 1. The van der Waals surface area contributed by atoms with Crippen molar-refractivity contribution in [3.8, 4) is 5.75 Å². The van der Waals surface area contributed by atoms with Gasteiger partial charge in [-0.05, 0) is 24.3 Å². The highest BCUT2D eigenvalue weighted by atomic mass is 16.6. The number of furan rings is 1. The van der Waals surface area contributed by atoms with Gasteiger partial charge >= 0.3 is 0 Å². The summed E-state index contributed by atoms with van der Waals surface area (Å²) in [5.41, 5.74) is 1.99. The fourth-order valence-corrected chi connectivity index (χ4v) is 4.27. The van der Waals surface area contributed by atoms with Crippen molar-refractivity contribution < 1.29 is 18.9 Å². The number of para-hydroxylation sites is 4. The first-order valence-corrected chi connectivity index (χ1v) is 11.1. The molecule has 8 heteroatoms. The molecular weight excluding hydrogens is 434 g/mol. The molecule has 1 aliphatic heterocycles. The van der Waals surface area contributed by atoms with Crippen LogP contribution in [-0.4, -0.2) is 41.9 Å². The zero-order chi connectivity index (χ0) is 23.5. The highest BCUT2D eigenvalue weighted by Gasteiger charge is 2.30. The number of piperazine rings is 1. The Labute approximate surface area is 196 Å². The van der Waals surface area contributed by atoms with E-state index in [-0.39, 0.29) is 28.9 Å². The quantitative estimate of drug-likeness (QED) is 0.303. The van der Waals surface area contributed by atoms with E-state index in [1.54, 1.807) is 23.1 Å². The summed E-state index contributed by atoms with van der Waals surface area (Å²) >= 11 is 0. The SMILES string of the molecule is O=C(c1oc2ccccc2c1COc1ccccc1)N1CCN(c2ccccc2[N+](=O)[O-])CC1. The van der Waals surface area contributed by atoms with Crippen molar-refractivity contribution in [2.75, 3.05) is 31.1 Å². The predicted molar refractivity (Wildman–Crippen MR) is 128 cm³/mol. The maximum atomic E-state index is 13.5. The Morgan fingerprint density at radius 3 is 2.35 bits per heavy atom. The summed E-state index contributed by atoms with van der Waals surface area (Å²) in [4.78, 5) is 28.2. The summed E-state index contributed by atoms with van der Waals surface area (Å²) in [6.45, 7) is 2.05. The van der Waals surface area contributed by atoms with Gasteiger partial charge in [0.05, 0.1) is 4.92 Å². The van der Waals surface area contributed by atoms with E-state index in [0.29, 0.717) is 48.8 Å². The normalized spacial score (nSPS) is 13.8. The minimum absolute atomic E-state index is 0.0694. The third-order valence-corrected chi connectivity index (χ3v) is 6.00. The molecule has 172 valence electrons. The molecule has 0 radical (unpaired) electrons. The first kappa shape index (κ1) is 21.5. The molecule has 1 aliphatic rings. The lowest BCUT2D eigenvalue weighted by Gasteiger charge is -2.35. The molecule has 1 amide bonds. The van der Waals surface area contributed by atoms with Crippen molar-refractivity contribution in [3.63, 3.8) is 0 Å².